The van der Waals surface area contributed by atoms with Crippen LogP contribution in [0.15, 0.2) is 53.1 Å². The van der Waals surface area contributed by atoms with Crippen LogP contribution in [-0.2, 0) is 4.79 Å². The van der Waals surface area contributed by atoms with E-state index in [0.29, 0.717) is 16.5 Å². The van der Waals surface area contributed by atoms with Gasteiger partial charge in [0, 0.05) is 16.7 Å². The highest BCUT2D eigenvalue weighted by Crippen LogP contribution is 2.24. The van der Waals surface area contributed by atoms with Crippen LogP contribution in [0.5, 0.6) is 5.75 Å². The topological polar surface area (TPSA) is 64.4 Å². The molecule has 0 fully saturated rings. The zero-order chi connectivity index (χ0) is 18.7. The molecule has 6 heteroatoms. The first-order chi connectivity index (χ1) is 12.4. The van der Waals surface area contributed by atoms with Gasteiger partial charge in [-0.2, -0.15) is 0 Å². The van der Waals surface area contributed by atoms with E-state index in [1.54, 1.807) is 31.2 Å². The van der Waals surface area contributed by atoms with Gasteiger partial charge in [0.2, 0.25) is 5.88 Å². The SMILES string of the molecule is Cc1ccc(-c2cc(NC(=O)[C@@H](C)Oc3ccc(Cl)c(C)c3)on2)cc1. The van der Waals surface area contributed by atoms with Gasteiger partial charge >= 0.3 is 0 Å². The van der Waals surface area contributed by atoms with E-state index in [-0.39, 0.29) is 11.8 Å². The summed E-state index contributed by atoms with van der Waals surface area (Å²) in [5.74, 6) is 0.519. The predicted octanol–water partition coefficient (Wildman–Crippen LogP) is 5.02. The lowest BCUT2D eigenvalue weighted by Gasteiger charge is -2.14. The molecule has 0 bridgehead atoms. The first-order valence-electron chi connectivity index (χ1n) is 8.20. The molecule has 1 aromatic heterocycles. The largest absolute Gasteiger partial charge is 0.481 e. The lowest BCUT2D eigenvalue weighted by Crippen LogP contribution is -2.30. The van der Waals surface area contributed by atoms with Crippen molar-refractivity contribution in [2.75, 3.05) is 5.32 Å². The quantitative estimate of drug-likeness (QED) is 0.685. The Morgan fingerprint density at radius 3 is 2.58 bits per heavy atom. The Morgan fingerprint density at radius 2 is 1.88 bits per heavy atom. The number of aryl methyl sites for hydroxylation is 2. The van der Waals surface area contributed by atoms with Gasteiger partial charge in [-0.25, -0.2) is 0 Å². The van der Waals surface area contributed by atoms with Crippen molar-refractivity contribution in [2.45, 2.75) is 26.9 Å². The maximum atomic E-state index is 12.3. The zero-order valence-corrected chi connectivity index (χ0v) is 15.5. The monoisotopic (exact) mass is 370 g/mol. The first-order valence-corrected chi connectivity index (χ1v) is 8.57. The summed E-state index contributed by atoms with van der Waals surface area (Å²) in [6.07, 6.45) is -0.705. The molecule has 0 aliphatic heterocycles. The number of halogens is 1. The maximum Gasteiger partial charge on any atom is 0.267 e. The molecule has 1 atom stereocenters. The van der Waals surface area contributed by atoms with Crippen molar-refractivity contribution < 1.29 is 14.1 Å². The Bertz CT molecular complexity index is 919. The van der Waals surface area contributed by atoms with Crippen molar-refractivity contribution in [2.24, 2.45) is 0 Å². The molecule has 0 aliphatic rings. The molecule has 2 aromatic carbocycles. The first kappa shape index (κ1) is 18.0. The molecule has 1 heterocycles. The van der Waals surface area contributed by atoms with Gasteiger partial charge in [0.05, 0.1) is 0 Å². The van der Waals surface area contributed by atoms with Crippen LogP contribution >= 0.6 is 11.6 Å². The normalized spacial score (nSPS) is 11.8. The number of nitrogens with one attached hydrogen (secondary N) is 1. The number of aromatic nitrogens is 1. The van der Waals surface area contributed by atoms with Gasteiger partial charge in [0.15, 0.2) is 6.10 Å². The van der Waals surface area contributed by atoms with E-state index >= 15 is 0 Å². The number of carbonyl (C=O) groups is 1. The van der Waals surface area contributed by atoms with E-state index in [9.17, 15) is 4.79 Å². The summed E-state index contributed by atoms with van der Waals surface area (Å²) < 4.78 is 10.9. The molecule has 0 aliphatic carbocycles. The van der Waals surface area contributed by atoms with E-state index < -0.39 is 6.10 Å². The Hall–Kier alpha value is -2.79. The van der Waals surface area contributed by atoms with Crippen LogP contribution in [0.3, 0.4) is 0 Å². The molecular weight excluding hydrogens is 352 g/mol. The number of rotatable bonds is 5. The van der Waals surface area contributed by atoms with Crippen molar-refractivity contribution in [3.63, 3.8) is 0 Å². The molecule has 0 spiro atoms. The molecule has 26 heavy (non-hydrogen) atoms. The number of benzene rings is 2. The molecule has 0 saturated heterocycles. The molecule has 1 amide bonds. The number of amides is 1. The number of hydrogen-bond acceptors (Lipinski definition) is 4. The van der Waals surface area contributed by atoms with Crippen molar-refractivity contribution in [1.82, 2.24) is 5.16 Å². The van der Waals surface area contributed by atoms with E-state index in [0.717, 1.165) is 16.7 Å². The summed E-state index contributed by atoms with van der Waals surface area (Å²) >= 11 is 5.99. The van der Waals surface area contributed by atoms with Crippen LogP contribution in [0.4, 0.5) is 5.88 Å². The van der Waals surface area contributed by atoms with Gasteiger partial charge in [-0.05, 0) is 44.5 Å². The second kappa shape index (κ2) is 7.62. The van der Waals surface area contributed by atoms with Crippen molar-refractivity contribution in [1.29, 1.82) is 0 Å². The molecule has 3 rings (SSSR count). The summed E-state index contributed by atoms with van der Waals surface area (Å²) in [5.41, 5.74) is 3.62. The fourth-order valence-corrected chi connectivity index (χ4v) is 2.48. The van der Waals surface area contributed by atoms with Crippen LogP contribution in [0.2, 0.25) is 5.02 Å². The third-order valence-electron chi connectivity index (χ3n) is 3.92. The third kappa shape index (κ3) is 4.24. The molecule has 3 aromatic rings. The van der Waals surface area contributed by atoms with Gasteiger partial charge in [-0.15, -0.1) is 0 Å². The molecule has 5 nitrogen and oxygen atoms in total. The van der Waals surface area contributed by atoms with Gasteiger partial charge in [0.1, 0.15) is 11.4 Å². The second-order valence-corrected chi connectivity index (χ2v) is 6.51. The van der Waals surface area contributed by atoms with Gasteiger partial charge in [-0.3, -0.25) is 10.1 Å². The number of anilines is 1. The number of ether oxygens (including phenoxy) is 1. The number of nitrogens with zero attached hydrogens (tertiary/aromatic N) is 1. The van der Waals surface area contributed by atoms with Crippen molar-refractivity contribution in [3.05, 3.63) is 64.7 Å². The highest BCUT2D eigenvalue weighted by molar-refractivity contribution is 6.31. The fraction of sp³-hybridized carbons (Fsp3) is 0.200. The smallest absolute Gasteiger partial charge is 0.267 e. The Labute approximate surface area is 156 Å². The van der Waals surface area contributed by atoms with Gasteiger partial charge in [0.25, 0.3) is 5.91 Å². The standard InChI is InChI=1S/C20H19ClN2O3/c1-12-4-6-15(7-5-12)18-11-19(26-23-18)22-20(24)14(3)25-16-8-9-17(21)13(2)10-16/h4-11,14H,1-3H3,(H,22,24)/t14-/m1/s1. The molecule has 0 radical (unpaired) electrons. The summed E-state index contributed by atoms with van der Waals surface area (Å²) in [4.78, 5) is 12.3. The minimum absolute atomic E-state index is 0.272. The number of hydrogen-bond donors (Lipinski definition) is 1. The Balaban J connectivity index is 1.64. The molecule has 0 saturated carbocycles. The van der Waals surface area contributed by atoms with Gasteiger partial charge in [-0.1, -0.05) is 46.6 Å². The molecule has 134 valence electrons. The van der Waals surface area contributed by atoms with Crippen LogP contribution in [0.1, 0.15) is 18.1 Å². The van der Waals surface area contributed by atoms with Crippen LogP contribution in [0, 0.1) is 13.8 Å². The Morgan fingerprint density at radius 1 is 1.15 bits per heavy atom. The zero-order valence-electron chi connectivity index (χ0n) is 14.7. The minimum atomic E-state index is -0.705. The van der Waals surface area contributed by atoms with Crippen LogP contribution < -0.4 is 10.1 Å². The van der Waals surface area contributed by atoms with E-state index in [2.05, 4.69) is 10.5 Å². The fourth-order valence-electron chi connectivity index (χ4n) is 2.37. The Kier molecular flexibility index (Phi) is 5.28. The lowest BCUT2D eigenvalue weighted by molar-refractivity contribution is -0.122. The second-order valence-electron chi connectivity index (χ2n) is 6.10. The summed E-state index contributed by atoms with van der Waals surface area (Å²) in [5, 5.41) is 7.31. The van der Waals surface area contributed by atoms with Crippen molar-refractivity contribution >= 4 is 23.4 Å². The minimum Gasteiger partial charge on any atom is -0.481 e. The summed E-state index contributed by atoms with van der Waals surface area (Å²) in [6.45, 7) is 5.55. The van der Waals surface area contributed by atoms with Crippen LogP contribution in [0.25, 0.3) is 11.3 Å². The summed E-state index contributed by atoms with van der Waals surface area (Å²) in [7, 11) is 0. The third-order valence-corrected chi connectivity index (χ3v) is 4.34. The lowest BCUT2D eigenvalue weighted by atomic mass is 10.1. The highest BCUT2D eigenvalue weighted by atomic mass is 35.5. The van der Waals surface area contributed by atoms with E-state index in [4.69, 9.17) is 20.9 Å². The van der Waals surface area contributed by atoms with Gasteiger partial charge < -0.3 is 9.26 Å². The molecular formula is C20H19ClN2O3. The average Bonchev–Trinajstić information content (AvgIpc) is 3.07. The molecule has 0 unspecified atom stereocenters. The van der Waals surface area contributed by atoms with Crippen LogP contribution in [-0.4, -0.2) is 17.2 Å². The van der Waals surface area contributed by atoms with E-state index in [1.165, 1.54) is 0 Å². The average molecular weight is 371 g/mol. The molecule has 1 N–H and O–H groups in total. The maximum absolute atomic E-state index is 12.3. The van der Waals surface area contributed by atoms with Crippen molar-refractivity contribution in [3.8, 4) is 17.0 Å². The van der Waals surface area contributed by atoms with E-state index in [1.807, 2.05) is 38.1 Å². The number of carbonyl (C=O) groups excluding carboxylic acids is 1. The summed E-state index contributed by atoms with van der Waals surface area (Å²) in [6, 6.07) is 14.8. The predicted molar refractivity (Wildman–Crippen MR) is 102 cm³/mol. The highest BCUT2D eigenvalue weighted by Gasteiger charge is 2.17.